The van der Waals surface area contributed by atoms with E-state index in [2.05, 4.69) is 5.32 Å². The number of carbonyl (C=O) groups is 2. The number of benzene rings is 3. The number of para-hydroxylation sites is 2. The van der Waals surface area contributed by atoms with E-state index in [1.54, 1.807) is 35.2 Å². The molecule has 1 heterocycles. The molecule has 2 amide bonds. The van der Waals surface area contributed by atoms with Crippen molar-refractivity contribution in [3.8, 4) is 11.5 Å². The molecule has 0 atom stereocenters. The summed E-state index contributed by atoms with van der Waals surface area (Å²) in [5, 5.41) is 3.87. The van der Waals surface area contributed by atoms with Crippen LogP contribution in [0.25, 0.3) is 0 Å². The van der Waals surface area contributed by atoms with E-state index in [0.29, 0.717) is 58.7 Å². The minimum atomic E-state index is -0.179. The van der Waals surface area contributed by atoms with Gasteiger partial charge in [0.2, 0.25) is 5.91 Å². The van der Waals surface area contributed by atoms with Gasteiger partial charge in [0.25, 0.3) is 5.91 Å². The smallest absolute Gasteiger partial charge is 0.253 e. The molecule has 1 aliphatic heterocycles. The van der Waals surface area contributed by atoms with Crippen molar-refractivity contribution in [3.63, 3.8) is 0 Å². The van der Waals surface area contributed by atoms with Crippen LogP contribution in [0.15, 0.2) is 72.8 Å². The highest BCUT2D eigenvalue weighted by atomic mass is 35.5. The van der Waals surface area contributed by atoms with Gasteiger partial charge in [0.05, 0.1) is 10.7 Å². The summed E-state index contributed by atoms with van der Waals surface area (Å²) in [4.78, 5) is 27.3. The Morgan fingerprint density at radius 3 is 2.28 bits per heavy atom. The van der Waals surface area contributed by atoms with E-state index >= 15 is 0 Å². The summed E-state index contributed by atoms with van der Waals surface area (Å²) in [6, 6.07) is 21.4. The van der Waals surface area contributed by atoms with Gasteiger partial charge in [0, 0.05) is 29.6 Å². The van der Waals surface area contributed by atoms with E-state index in [1.807, 2.05) is 42.5 Å². The minimum Gasteiger partial charge on any atom is -0.454 e. The summed E-state index contributed by atoms with van der Waals surface area (Å²) < 4.78 is 5.92. The van der Waals surface area contributed by atoms with Gasteiger partial charge >= 0.3 is 0 Å². The number of nitrogens with zero attached hydrogens (tertiary/aromatic N) is 1. The summed E-state index contributed by atoms with van der Waals surface area (Å²) in [6.07, 6.45) is 1.22. The zero-order valence-electron chi connectivity index (χ0n) is 17.3. The number of hydrogen-bond acceptors (Lipinski definition) is 3. The van der Waals surface area contributed by atoms with Crippen LogP contribution in [0.3, 0.4) is 0 Å². The summed E-state index contributed by atoms with van der Waals surface area (Å²) >= 11 is 12.2. The Morgan fingerprint density at radius 1 is 0.875 bits per heavy atom. The van der Waals surface area contributed by atoms with Crippen molar-refractivity contribution in [3.05, 3.63) is 88.4 Å². The topological polar surface area (TPSA) is 58.6 Å². The molecule has 0 saturated carbocycles. The third-order valence-corrected chi connectivity index (χ3v) is 5.96. The van der Waals surface area contributed by atoms with Gasteiger partial charge in [-0.3, -0.25) is 9.59 Å². The lowest BCUT2D eigenvalue weighted by Crippen LogP contribution is -2.41. The van der Waals surface area contributed by atoms with E-state index < -0.39 is 0 Å². The first kappa shape index (κ1) is 22.2. The average molecular weight is 469 g/mol. The number of amides is 2. The van der Waals surface area contributed by atoms with Crippen LogP contribution in [-0.4, -0.2) is 29.8 Å². The number of piperidine rings is 1. The van der Waals surface area contributed by atoms with Crippen LogP contribution in [0.2, 0.25) is 10.0 Å². The van der Waals surface area contributed by atoms with Crippen LogP contribution in [0, 0.1) is 5.92 Å². The molecule has 7 heteroatoms. The first-order valence-electron chi connectivity index (χ1n) is 10.4. The lowest BCUT2D eigenvalue weighted by molar-refractivity contribution is -0.121. The maximum absolute atomic E-state index is 12.9. The molecule has 0 aliphatic carbocycles. The highest BCUT2D eigenvalue weighted by Crippen LogP contribution is 2.35. The van der Waals surface area contributed by atoms with Gasteiger partial charge in [0.1, 0.15) is 5.75 Å². The van der Waals surface area contributed by atoms with Crippen molar-refractivity contribution in [1.29, 1.82) is 0 Å². The zero-order chi connectivity index (χ0) is 22.5. The molecule has 4 rings (SSSR count). The lowest BCUT2D eigenvalue weighted by Gasteiger charge is -2.31. The maximum atomic E-state index is 12.9. The van der Waals surface area contributed by atoms with Crippen molar-refractivity contribution in [1.82, 2.24) is 4.90 Å². The SMILES string of the molecule is O=C(Nc1ccccc1Oc1ccc(Cl)cc1Cl)C1CCN(C(=O)c2ccccc2)CC1. The van der Waals surface area contributed by atoms with Crippen molar-refractivity contribution < 1.29 is 14.3 Å². The molecule has 164 valence electrons. The summed E-state index contributed by atoms with van der Waals surface area (Å²) in [7, 11) is 0. The molecule has 0 aromatic heterocycles. The predicted molar refractivity (Wildman–Crippen MR) is 127 cm³/mol. The molecule has 1 aliphatic rings. The van der Waals surface area contributed by atoms with Gasteiger partial charge < -0.3 is 15.0 Å². The van der Waals surface area contributed by atoms with E-state index in [-0.39, 0.29) is 17.7 Å². The highest BCUT2D eigenvalue weighted by molar-refractivity contribution is 6.35. The van der Waals surface area contributed by atoms with Gasteiger partial charge in [0.15, 0.2) is 5.75 Å². The molecular weight excluding hydrogens is 447 g/mol. The number of rotatable bonds is 5. The van der Waals surface area contributed by atoms with Crippen molar-refractivity contribution >= 4 is 40.7 Å². The van der Waals surface area contributed by atoms with Gasteiger partial charge in [-0.25, -0.2) is 0 Å². The van der Waals surface area contributed by atoms with E-state index in [4.69, 9.17) is 27.9 Å². The lowest BCUT2D eigenvalue weighted by atomic mass is 9.95. The van der Waals surface area contributed by atoms with Crippen molar-refractivity contribution in [2.45, 2.75) is 12.8 Å². The third-order valence-electron chi connectivity index (χ3n) is 5.43. The van der Waals surface area contributed by atoms with E-state index in [1.165, 1.54) is 0 Å². The molecule has 1 N–H and O–H groups in total. The van der Waals surface area contributed by atoms with Crippen LogP contribution in [-0.2, 0) is 4.79 Å². The number of carbonyl (C=O) groups excluding carboxylic acids is 2. The first-order valence-corrected chi connectivity index (χ1v) is 11.1. The standard InChI is InChI=1S/C25H22Cl2N2O3/c26-19-10-11-22(20(27)16-19)32-23-9-5-4-8-21(23)28-24(30)17-12-14-29(15-13-17)25(31)18-6-2-1-3-7-18/h1-11,16-17H,12-15H2,(H,28,30). The molecule has 0 spiro atoms. The van der Waals surface area contributed by atoms with Crippen LogP contribution < -0.4 is 10.1 Å². The van der Waals surface area contributed by atoms with Gasteiger partial charge in [-0.05, 0) is 55.3 Å². The molecular formula is C25H22Cl2N2O3. The van der Waals surface area contributed by atoms with Crippen molar-refractivity contribution in [2.75, 3.05) is 18.4 Å². The number of likely N-dealkylation sites (tertiary alicyclic amines) is 1. The summed E-state index contributed by atoms with van der Waals surface area (Å²) in [5.74, 6) is 0.673. The van der Waals surface area contributed by atoms with Crippen LogP contribution in [0.4, 0.5) is 5.69 Å². The fourth-order valence-electron chi connectivity index (χ4n) is 3.68. The van der Waals surface area contributed by atoms with Crippen LogP contribution in [0.5, 0.6) is 11.5 Å². The molecule has 1 fully saturated rings. The molecule has 0 bridgehead atoms. The van der Waals surface area contributed by atoms with E-state index in [9.17, 15) is 9.59 Å². The summed E-state index contributed by atoms with van der Waals surface area (Å²) in [5.41, 5.74) is 1.23. The fourth-order valence-corrected chi connectivity index (χ4v) is 4.13. The molecule has 1 saturated heterocycles. The van der Waals surface area contributed by atoms with Gasteiger partial charge in [-0.1, -0.05) is 53.5 Å². The Bertz CT molecular complexity index is 1110. The monoisotopic (exact) mass is 468 g/mol. The Balaban J connectivity index is 1.38. The molecule has 3 aromatic carbocycles. The number of ether oxygens (including phenoxy) is 1. The fraction of sp³-hybridized carbons (Fsp3) is 0.200. The molecule has 3 aromatic rings. The largest absolute Gasteiger partial charge is 0.454 e. The van der Waals surface area contributed by atoms with Crippen molar-refractivity contribution in [2.24, 2.45) is 5.92 Å². The molecule has 32 heavy (non-hydrogen) atoms. The average Bonchev–Trinajstić information content (AvgIpc) is 2.82. The Morgan fingerprint density at radius 2 is 1.56 bits per heavy atom. The first-order chi connectivity index (χ1) is 15.5. The van der Waals surface area contributed by atoms with Gasteiger partial charge in [-0.15, -0.1) is 0 Å². The Kier molecular flexibility index (Phi) is 6.98. The van der Waals surface area contributed by atoms with Crippen LogP contribution >= 0.6 is 23.2 Å². The van der Waals surface area contributed by atoms with Gasteiger partial charge in [-0.2, -0.15) is 0 Å². The number of halogens is 2. The number of nitrogens with one attached hydrogen (secondary N) is 1. The molecule has 0 unspecified atom stereocenters. The second kappa shape index (κ2) is 10.1. The zero-order valence-corrected chi connectivity index (χ0v) is 18.8. The molecule has 5 nitrogen and oxygen atoms in total. The number of hydrogen-bond donors (Lipinski definition) is 1. The predicted octanol–water partition coefficient (Wildman–Crippen LogP) is 6.28. The second-order valence-corrected chi connectivity index (χ2v) is 8.44. The normalized spacial score (nSPS) is 14.1. The Hall–Kier alpha value is -3.02. The second-order valence-electron chi connectivity index (χ2n) is 7.59. The highest BCUT2D eigenvalue weighted by Gasteiger charge is 2.28. The maximum Gasteiger partial charge on any atom is 0.253 e. The minimum absolute atomic E-state index is 0.00282. The third kappa shape index (κ3) is 5.23. The number of anilines is 1. The summed E-state index contributed by atoms with van der Waals surface area (Å²) in [6.45, 7) is 1.09. The molecule has 0 radical (unpaired) electrons. The van der Waals surface area contributed by atoms with E-state index in [0.717, 1.165) is 0 Å². The quantitative estimate of drug-likeness (QED) is 0.479. The van der Waals surface area contributed by atoms with Crippen LogP contribution in [0.1, 0.15) is 23.2 Å². The Labute approximate surface area is 196 Å².